The molecule has 1 heterocycles. The molecule has 0 saturated carbocycles. The lowest BCUT2D eigenvalue weighted by atomic mass is 10.1. The fourth-order valence-electron chi connectivity index (χ4n) is 3.41. The number of benzene rings is 2. The van der Waals surface area contributed by atoms with E-state index in [1.54, 1.807) is 10.4 Å². The van der Waals surface area contributed by atoms with E-state index in [9.17, 15) is 8.42 Å². The van der Waals surface area contributed by atoms with Crippen LogP contribution in [0.4, 0.5) is 5.69 Å². The van der Waals surface area contributed by atoms with Crippen molar-refractivity contribution in [1.29, 1.82) is 0 Å². The predicted octanol–water partition coefficient (Wildman–Crippen LogP) is 3.84. The zero-order chi connectivity index (χ0) is 17.5. The van der Waals surface area contributed by atoms with Crippen molar-refractivity contribution >= 4 is 15.7 Å². The van der Waals surface area contributed by atoms with Crippen LogP contribution in [0.25, 0.3) is 0 Å². The first-order chi connectivity index (χ1) is 11.4. The normalized spacial score (nSPS) is 17.0. The zero-order valence-electron chi connectivity index (χ0n) is 14.5. The van der Waals surface area contributed by atoms with E-state index in [4.69, 9.17) is 4.74 Å². The lowest BCUT2D eigenvalue weighted by molar-refractivity contribution is 0.337. The van der Waals surface area contributed by atoms with Gasteiger partial charge in [0.05, 0.1) is 17.2 Å². The minimum Gasteiger partial charge on any atom is -0.494 e. The Morgan fingerprint density at radius 3 is 2.58 bits per heavy atom. The van der Waals surface area contributed by atoms with Crippen LogP contribution in [0.15, 0.2) is 41.3 Å². The molecule has 0 amide bonds. The summed E-state index contributed by atoms with van der Waals surface area (Å²) >= 11 is 0. The summed E-state index contributed by atoms with van der Waals surface area (Å²) in [5.74, 6) is 0.627. The molecule has 0 fully saturated rings. The molecule has 128 valence electrons. The van der Waals surface area contributed by atoms with Gasteiger partial charge in [0.15, 0.2) is 0 Å². The number of nitrogens with zero attached hydrogens (tertiary/aromatic N) is 1. The third-order valence-electron chi connectivity index (χ3n) is 4.45. The summed E-state index contributed by atoms with van der Waals surface area (Å²) in [5, 5.41) is 0. The Morgan fingerprint density at radius 1 is 1.17 bits per heavy atom. The zero-order valence-corrected chi connectivity index (χ0v) is 15.4. The molecule has 0 aromatic heterocycles. The van der Waals surface area contributed by atoms with Gasteiger partial charge in [0.1, 0.15) is 5.75 Å². The topological polar surface area (TPSA) is 46.6 Å². The van der Waals surface area contributed by atoms with Gasteiger partial charge in [-0.3, -0.25) is 4.31 Å². The van der Waals surface area contributed by atoms with Crippen LogP contribution in [-0.4, -0.2) is 21.1 Å². The predicted molar refractivity (Wildman–Crippen MR) is 96.4 cm³/mol. The van der Waals surface area contributed by atoms with Crippen molar-refractivity contribution in [2.75, 3.05) is 10.9 Å². The minimum atomic E-state index is -3.64. The number of fused-ring (bicyclic) bond motifs is 1. The highest BCUT2D eigenvalue weighted by Crippen LogP contribution is 2.38. The van der Waals surface area contributed by atoms with Gasteiger partial charge in [-0.05, 0) is 56.9 Å². The maximum absolute atomic E-state index is 13.4. The Bertz CT molecular complexity index is 874. The smallest absolute Gasteiger partial charge is 0.264 e. The number of hydrogen-bond donors (Lipinski definition) is 0. The fourth-order valence-corrected chi connectivity index (χ4v) is 5.33. The van der Waals surface area contributed by atoms with Crippen LogP contribution in [0.3, 0.4) is 0 Å². The number of aryl methyl sites for hydroxylation is 2. The van der Waals surface area contributed by atoms with Gasteiger partial charge >= 0.3 is 0 Å². The molecule has 2 aromatic rings. The number of para-hydroxylation sites is 1. The molecule has 1 aliphatic rings. The third-order valence-corrected chi connectivity index (χ3v) is 6.52. The average Bonchev–Trinajstić information content (AvgIpc) is 2.86. The maximum Gasteiger partial charge on any atom is 0.264 e. The first kappa shape index (κ1) is 16.8. The number of ether oxygens (including phenoxy) is 1. The molecule has 0 unspecified atom stereocenters. The van der Waals surface area contributed by atoms with Crippen molar-refractivity contribution in [3.8, 4) is 5.75 Å². The van der Waals surface area contributed by atoms with Crippen LogP contribution in [0.2, 0.25) is 0 Å². The SMILES string of the molecule is CCOc1cc(S(=O)(=O)N2c3ccccc3C[C@H]2C)c(C)cc1C. The largest absolute Gasteiger partial charge is 0.494 e. The minimum absolute atomic E-state index is 0.0938. The van der Waals surface area contributed by atoms with Gasteiger partial charge in [0, 0.05) is 12.1 Å². The summed E-state index contributed by atoms with van der Waals surface area (Å²) < 4.78 is 33.9. The highest BCUT2D eigenvalue weighted by atomic mass is 32.2. The van der Waals surface area contributed by atoms with Crippen LogP contribution in [0.5, 0.6) is 5.75 Å². The Morgan fingerprint density at radius 2 is 1.88 bits per heavy atom. The van der Waals surface area contributed by atoms with Gasteiger partial charge in [-0.2, -0.15) is 0 Å². The second-order valence-corrected chi connectivity index (χ2v) is 8.08. The van der Waals surface area contributed by atoms with Crippen molar-refractivity contribution in [2.24, 2.45) is 0 Å². The maximum atomic E-state index is 13.4. The van der Waals surface area contributed by atoms with Gasteiger partial charge in [0.25, 0.3) is 10.0 Å². The summed E-state index contributed by atoms with van der Waals surface area (Å²) in [6.45, 7) is 8.12. The van der Waals surface area contributed by atoms with Crippen LogP contribution in [-0.2, 0) is 16.4 Å². The van der Waals surface area contributed by atoms with E-state index >= 15 is 0 Å². The Labute approximate surface area is 144 Å². The highest BCUT2D eigenvalue weighted by Gasteiger charge is 2.36. The molecular formula is C19H23NO3S. The van der Waals surface area contributed by atoms with Crippen LogP contribution < -0.4 is 9.04 Å². The van der Waals surface area contributed by atoms with Crippen LogP contribution in [0, 0.1) is 13.8 Å². The molecule has 4 nitrogen and oxygen atoms in total. The molecule has 5 heteroatoms. The van der Waals surface area contributed by atoms with E-state index in [2.05, 4.69) is 0 Å². The van der Waals surface area contributed by atoms with E-state index in [-0.39, 0.29) is 6.04 Å². The first-order valence-corrected chi connectivity index (χ1v) is 9.66. The third kappa shape index (κ3) is 2.67. The molecule has 0 aliphatic carbocycles. The number of sulfonamides is 1. The number of anilines is 1. The molecule has 0 bridgehead atoms. The average molecular weight is 345 g/mol. The van der Waals surface area contributed by atoms with Gasteiger partial charge in [0.2, 0.25) is 0 Å². The molecule has 1 atom stereocenters. The quantitative estimate of drug-likeness (QED) is 0.846. The fraction of sp³-hybridized carbons (Fsp3) is 0.368. The summed E-state index contributed by atoms with van der Waals surface area (Å²) in [6.07, 6.45) is 0.735. The molecule has 0 N–H and O–H groups in total. The van der Waals surface area contributed by atoms with E-state index in [0.29, 0.717) is 17.3 Å². The summed E-state index contributed by atoms with van der Waals surface area (Å²) in [4.78, 5) is 0.320. The van der Waals surface area contributed by atoms with Crippen molar-refractivity contribution in [1.82, 2.24) is 0 Å². The van der Waals surface area contributed by atoms with Crippen molar-refractivity contribution < 1.29 is 13.2 Å². The standard InChI is InChI=1S/C19H23NO3S/c1-5-23-18-12-19(14(3)10-13(18)2)24(21,22)20-15(4)11-16-8-6-7-9-17(16)20/h6-10,12,15H,5,11H2,1-4H3/t15-/m1/s1. The molecule has 0 saturated heterocycles. The molecule has 0 spiro atoms. The van der Waals surface area contributed by atoms with E-state index in [0.717, 1.165) is 28.8 Å². The highest BCUT2D eigenvalue weighted by molar-refractivity contribution is 7.93. The summed E-state index contributed by atoms with van der Waals surface area (Å²) in [7, 11) is -3.64. The van der Waals surface area contributed by atoms with Gasteiger partial charge in [-0.1, -0.05) is 24.3 Å². The van der Waals surface area contributed by atoms with Gasteiger partial charge in [-0.15, -0.1) is 0 Å². The monoisotopic (exact) mass is 345 g/mol. The van der Waals surface area contributed by atoms with Crippen molar-refractivity contribution in [3.05, 3.63) is 53.1 Å². The van der Waals surface area contributed by atoms with Gasteiger partial charge in [-0.25, -0.2) is 8.42 Å². The van der Waals surface area contributed by atoms with Crippen LogP contribution in [0.1, 0.15) is 30.5 Å². The Kier molecular flexibility index (Phi) is 4.30. The van der Waals surface area contributed by atoms with Crippen LogP contribution >= 0.6 is 0 Å². The molecule has 3 rings (SSSR count). The lowest BCUT2D eigenvalue weighted by Crippen LogP contribution is -2.36. The Balaban J connectivity index is 2.14. The van der Waals surface area contributed by atoms with E-state index in [1.165, 1.54) is 0 Å². The second kappa shape index (κ2) is 6.13. The van der Waals surface area contributed by atoms with Gasteiger partial charge < -0.3 is 4.74 Å². The summed E-state index contributed by atoms with van der Waals surface area (Å²) in [6, 6.07) is 11.2. The summed E-state index contributed by atoms with van der Waals surface area (Å²) in [5.41, 5.74) is 3.54. The van der Waals surface area contributed by atoms with Crippen molar-refractivity contribution in [2.45, 2.75) is 45.1 Å². The number of rotatable bonds is 4. The molecule has 1 aliphatic heterocycles. The van der Waals surface area contributed by atoms with Crippen molar-refractivity contribution in [3.63, 3.8) is 0 Å². The Hall–Kier alpha value is -2.01. The number of hydrogen-bond acceptors (Lipinski definition) is 3. The van der Waals surface area contributed by atoms with E-state index < -0.39 is 10.0 Å². The van der Waals surface area contributed by atoms with E-state index in [1.807, 2.05) is 58.0 Å². The first-order valence-electron chi connectivity index (χ1n) is 8.22. The molecule has 24 heavy (non-hydrogen) atoms. The molecule has 0 radical (unpaired) electrons. The second-order valence-electron chi connectivity index (χ2n) is 6.30. The molecular weight excluding hydrogens is 322 g/mol. The molecule has 2 aromatic carbocycles. The lowest BCUT2D eigenvalue weighted by Gasteiger charge is -2.26.